The SMILES string of the molecule is COCC(=O)N1CC(=O)N2[C@H](C1)[C@@H](c1ccc(-c3ccccc3F)cc1)[C@@H]2CO. The zero-order chi connectivity index (χ0) is 20.5. The first-order chi connectivity index (χ1) is 14.0. The Morgan fingerprint density at radius 2 is 1.93 bits per heavy atom. The summed E-state index contributed by atoms with van der Waals surface area (Å²) in [6.45, 7) is 0.206. The lowest BCUT2D eigenvalue weighted by Gasteiger charge is -2.58. The van der Waals surface area contributed by atoms with Gasteiger partial charge in [-0.2, -0.15) is 0 Å². The van der Waals surface area contributed by atoms with Crippen LogP contribution in [0.15, 0.2) is 48.5 Å². The summed E-state index contributed by atoms with van der Waals surface area (Å²) in [5.74, 6) is -0.754. The molecular formula is C22H23FN2O4. The first kappa shape index (κ1) is 19.5. The van der Waals surface area contributed by atoms with E-state index < -0.39 is 0 Å². The molecule has 2 fully saturated rings. The van der Waals surface area contributed by atoms with E-state index in [-0.39, 0.29) is 55.4 Å². The molecule has 2 amide bonds. The zero-order valence-electron chi connectivity index (χ0n) is 16.1. The molecular weight excluding hydrogens is 375 g/mol. The van der Waals surface area contributed by atoms with Crippen LogP contribution in [0.1, 0.15) is 11.5 Å². The fourth-order valence-corrected chi connectivity index (χ4v) is 4.48. The highest BCUT2D eigenvalue weighted by Crippen LogP contribution is 2.43. The summed E-state index contributed by atoms with van der Waals surface area (Å²) >= 11 is 0. The molecule has 0 radical (unpaired) electrons. The quantitative estimate of drug-likeness (QED) is 0.831. The number of aliphatic hydroxyl groups excluding tert-OH is 1. The van der Waals surface area contributed by atoms with Gasteiger partial charge in [0.15, 0.2) is 0 Å². The molecule has 6 nitrogen and oxygen atoms in total. The lowest BCUT2D eigenvalue weighted by molar-refractivity contribution is -0.168. The van der Waals surface area contributed by atoms with Crippen LogP contribution in [-0.2, 0) is 14.3 Å². The molecule has 0 aliphatic carbocycles. The van der Waals surface area contributed by atoms with Gasteiger partial charge in [-0.3, -0.25) is 9.59 Å². The van der Waals surface area contributed by atoms with Gasteiger partial charge < -0.3 is 19.6 Å². The number of carbonyl (C=O) groups excluding carboxylic acids is 2. The summed E-state index contributed by atoms with van der Waals surface area (Å²) in [6, 6.07) is 13.6. The second kappa shape index (κ2) is 7.93. The second-order valence-electron chi connectivity index (χ2n) is 7.45. The number of amides is 2. The smallest absolute Gasteiger partial charge is 0.249 e. The van der Waals surface area contributed by atoms with Gasteiger partial charge >= 0.3 is 0 Å². The predicted molar refractivity (Wildman–Crippen MR) is 105 cm³/mol. The second-order valence-corrected chi connectivity index (χ2v) is 7.45. The van der Waals surface area contributed by atoms with E-state index in [0.29, 0.717) is 12.1 Å². The Hall–Kier alpha value is -2.77. The number of aliphatic hydroxyl groups is 1. The van der Waals surface area contributed by atoms with E-state index in [0.717, 1.165) is 11.1 Å². The van der Waals surface area contributed by atoms with Crippen molar-refractivity contribution in [3.8, 4) is 11.1 Å². The average Bonchev–Trinajstić information content (AvgIpc) is 2.70. The Balaban J connectivity index is 1.58. The third-order valence-electron chi connectivity index (χ3n) is 5.85. The van der Waals surface area contributed by atoms with Crippen molar-refractivity contribution in [3.05, 3.63) is 59.9 Å². The number of methoxy groups -OCH3 is 1. The molecule has 1 N–H and O–H groups in total. The molecule has 29 heavy (non-hydrogen) atoms. The van der Waals surface area contributed by atoms with Gasteiger partial charge in [0.1, 0.15) is 12.4 Å². The number of fused-ring (bicyclic) bond motifs is 1. The van der Waals surface area contributed by atoms with Crippen molar-refractivity contribution in [1.29, 1.82) is 0 Å². The number of piperazine rings is 1. The predicted octanol–water partition coefficient (Wildman–Crippen LogP) is 1.64. The van der Waals surface area contributed by atoms with E-state index in [4.69, 9.17) is 4.74 Å². The Kier molecular flexibility index (Phi) is 5.34. The number of carbonyl (C=O) groups is 2. The number of hydrogen-bond acceptors (Lipinski definition) is 4. The van der Waals surface area contributed by atoms with Gasteiger partial charge in [-0.25, -0.2) is 4.39 Å². The summed E-state index contributed by atoms with van der Waals surface area (Å²) in [5, 5.41) is 9.86. The van der Waals surface area contributed by atoms with Gasteiger partial charge in [-0.05, 0) is 17.2 Å². The Labute approximate surface area is 168 Å². The molecule has 2 aliphatic rings. The summed E-state index contributed by atoms with van der Waals surface area (Å²) in [5.41, 5.74) is 2.25. The van der Waals surface area contributed by atoms with Crippen molar-refractivity contribution in [2.24, 2.45) is 0 Å². The number of halogens is 1. The molecule has 0 spiro atoms. The van der Waals surface area contributed by atoms with Crippen LogP contribution in [-0.4, -0.2) is 72.2 Å². The summed E-state index contributed by atoms with van der Waals surface area (Å²) in [7, 11) is 1.45. The molecule has 0 aromatic heterocycles. The molecule has 4 rings (SSSR count). The van der Waals surface area contributed by atoms with Crippen LogP contribution in [0.25, 0.3) is 11.1 Å². The molecule has 0 unspecified atom stereocenters. The maximum Gasteiger partial charge on any atom is 0.249 e. The fraction of sp³-hybridized carbons (Fsp3) is 0.364. The van der Waals surface area contributed by atoms with Crippen molar-refractivity contribution in [2.75, 3.05) is 33.4 Å². The number of benzene rings is 2. The molecule has 0 saturated carbocycles. The Morgan fingerprint density at radius 1 is 1.21 bits per heavy atom. The summed E-state index contributed by atoms with van der Waals surface area (Å²) in [4.78, 5) is 27.9. The molecule has 3 atom stereocenters. The van der Waals surface area contributed by atoms with Gasteiger partial charge in [0.05, 0.1) is 25.2 Å². The van der Waals surface area contributed by atoms with Crippen molar-refractivity contribution >= 4 is 11.8 Å². The van der Waals surface area contributed by atoms with Gasteiger partial charge in [0.2, 0.25) is 11.8 Å². The number of nitrogens with zero attached hydrogens (tertiary/aromatic N) is 2. The zero-order valence-corrected chi connectivity index (χ0v) is 16.1. The number of rotatable bonds is 5. The molecule has 2 aromatic rings. The molecule has 0 bridgehead atoms. The van der Waals surface area contributed by atoms with E-state index in [1.165, 1.54) is 18.1 Å². The van der Waals surface area contributed by atoms with Crippen LogP contribution >= 0.6 is 0 Å². The third kappa shape index (κ3) is 3.41. The Morgan fingerprint density at radius 3 is 2.59 bits per heavy atom. The van der Waals surface area contributed by atoms with Crippen molar-refractivity contribution < 1.29 is 23.8 Å². The van der Waals surface area contributed by atoms with Crippen molar-refractivity contribution in [2.45, 2.75) is 18.0 Å². The van der Waals surface area contributed by atoms with Crippen LogP contribution in [0.5, 0.6) is 0 Å². The van der Waals surface area contributed by atoms with E-state index in [1.54, 1.807) is 23.1 Å². The van der Waals surface area contributed by atoms with E-state index in [9.17, 15) is 19.1 Å². The van der Waals surface area contributed by atoms with Crippen LogP contribution in [0, 0.1) is 5.82 Å². The maximum atomic E-state index is 14.0. The van der Waals surface area contributed by atoms with Gasteiger partial charge in [-0.1, -0.05) is 42.5 Å². The molecule has 7 heteroatoms. The van der Waals surface area contributed by atoms with Gasteiger partial charge in [0.25, 0.3) is 0 Å². The minimum absolute atomic E-state index is 0.00807. The first-order valence-electron chi connectivity index (χ1n) is 9.58. The lowest BCUT2D eigenvalue weighted by Crippen LogP contribution is -2.73. The topological polar surface area (TPSA) is 70.1 Å². The summed E-state index contributed by atoms with van der Waals surface area (Å²) in [6.07, 6.45) is 0. The molecule has 2 saturated heterocycles. The van der Waals surface area contributed by atoms with Crippen molar-refractivity contribution in [1.82, 2.24) is 9.80 Å². The largest absolute Gasteiger partial charge is 0.394 e. The lowest BCUT2D eigenvalue weighted by atomic mass is 9.73. The van der Waals surface area contributed by atoms with Crippen LogP contribution in [0.3, 0.4) is 0 Å². The monoisotopic (exact) mass is 398 g/mol. The normalized spacial score (nSPS) is 23.6. The minimum atomic E-state index is -0.313. The average molecular weight is 398 g/mol. The standard InChI is InChI=1S/C22H23FN2O4/c1-29-13-21(28)24-10-18-22(19(12-26)25(18)20(27)11-24)15-8-6-14(7-9-15)16-4-2-3-5-17(16)23/h2-9,18-19,22,26H,10-13H2,1H3/t18-,19+,22-/m1/s1. The third-order valence-corrected chi connectivity index (χ3v) is 5.85. The van der Waals surface area contributed by atoms with Crippen molar-refractivity contribution in [3.63, 3.8) is 0 Å². The van der Waals surface area contributed by atoms with E-state index in [1.807, 2.05) is 24.3 Å². The van der Waals surface area contributed by atoms with Crippen LogP contribution in [0.2, 0.25) is 0 Å². The minimum Gasteiger partial charge on any atom is -0.394 e. The van der Waals surface area contributed by atoms with Crippen LogP contribution in [0.4, 0.5) is 4.39 Å². The van der Waals surface area contributed by atoms with Crippen LogP contribution < -0.4 is 0 Å². The summed E-state index contributed by atoms with van der Waals surface area (Å²) < 4.78 is 19.0. The maximum absolute atomic E-state index is 14.0. The molecule has 2 aromatic carbocycles. The first-order valence-corrected chi connectivity index (χ1v) is 9.58. The highest BCUT2D eigenvalue weighted by atomic mass is 19.1. The molecule has 152 valence electrons. The van der Waals surface area contributed by atoms with E-state index >= 15 is 0 Å². The fourth-order valence-electron chi connectivity index (χ4n) is 4.48. The Bertz CT molecular complexity index is 917. The van der Waals surface area contributed by atoms with Gasteiger partial charge in [-0.15, -0.1) is 0 Å². The van der Waals surface area contributed by atoms with Gasteiger partial charge in [0, 0.05) is 25.1 Å². The number of hydrogen-bond donors (Lipinski definition) is 1. The highest BCUT2D eigenvalue weighted by molar-refractivity contribution is 5.88. The van der Waals surface area contributed by atoms with E-state index in [2.05, 4.69) is 0 Å². The number of ether oxygens (including phenoxy) is 1. The highest BCUT2D eigenvalue weighted by Gasteiger charge is 2.54. The molecule has 2 aliphatic heterocycles. The molecule has 2 heterocycles.